The highest BCUT2D eigenvalue weighted by molar-refractivity contribution is 6.34. The number of nitrogens with zero attached hydrogens (tertiary/aromatic N) is 2. The highest BCUT2D eigenvalue weighted by Crippen LogP contribution is 2.34. The molecule has 3 rings (SSSR count). The van der Waals surface area contributed by atoms with Crippen molar-refractivity contribution < 1.29 is 13.9 Å². The van der Waals surface area contributed by atoms with Crippen LogP contribution >= 0.6 is 11.6 Å². The monoisotopic (exact) mass is 268 g/mol. The van der Waals surface area contributed by atoms with Gasteiger partial charge in [-0.25, -0.2) is 4.39 Å². The summed E-state index contributed by atoms with van der Waals surface area (Å²) in [4.78, 5) is 12.2. The minimum Gasteiger partial charge on any atom is -0.380 e. The van der Waals surface area contributed by atoms with E-state index in [-0.39, 0.29) is 16.6 Å². The van der Waals surface area contributed by atoms with Crippen LogP contribution in [-0.4, -0.2) is 24.8 Å². The van der Waals surface area contributed by atoms with Crippen LogP contribution in [0.2, 0.25) is 5.02 Å². The van der Waals surface area contributed by atoms with Crippen LogP contribution in [-0.2, 0) is 9.53 Å². The molecule has 1 aromatic carbocycles. The van der Waals surface area contributed by atoms with Crippen molar-refractivity contribution in [3.05, 3.63) is 29.0 Å². The van der Waals surface area contributed by atoms with Crippen molar-refractivity contribution in [1.29, 1.82) is 0 Å². The van der Waals surface area contributed by atoms with E-state index >= 15 is 0 Å². The largest absolute Gasteiger partial charge is 0.380 e. The molecule has 94 valence electrons. The topological polar surface area (TPSA) is 41.9 Å². The molecule has 0 bridgehead atoms. The number of carbonyl (C=O) groups is 1. The quantitative estimate of drug-likeness (QED) is 0.784. The third-order valence-electron chi connectivity index (χ3n) is 3.07. The van der Waals surface area contributed by atoms with E-state index in [0.29, 0.717) is 19.6 Å². The lowest BCUT2D eigenvalue weighted by atomic mass is 10.0. The molecule has 0 radical (unpaired) electrons. The van der Waals surface area contributed by atoms with E-state index in [9.17, 15) is 9.18 Å². The zero-order valence-corrected chi connectivity index (χ0v) is 10.2. The van der Waals surface area contributed by atoms with Crippen molar-refractivity contribution in [3.8, 4) is 0 Å². The Morgan fingerprint density at radius 3 is 3.06 bits per heavy atom. The number of anilines is 1. The van der Waals surface area contributed by atoms with Crippen LogP contribution in [0.25, 0.3) is 0 Å². The van der Waals surface area contributed by atoms with Gasteiger partial charge in [0, 0.05) is 6.42 Å². The number of hydrogen-bond donors (Lipinski definition) is 0. The molecule has 18 heavy (non-hydrogen) atoms. The van der Waals surface area contributed by atoms with Gasteiger partial charge in [-0.15, -0.1) is 0 Å². The summed E-state index contributed by atoms with van der Waals surface area (Å²) in [6, 6.07) is 4.28. The smallest absolute Gasteiger partial charge is 0.258 e. The molecule has 1 amide bonds. The van der Waals surface area contributed by atoms with Gasteiger partial charge in [0.25, 0.3) is 5.91 Å². The molecule has 0 N–H and O–H groups in total. The van der Waals surface area contributed by atoms with Gasteiger partial charge in [0.2, 0.25) is 0 Å². The standard InChI is InChI=1S/C12H10ClFN2O2/c13-8-2-1-3-9(14)11(8)16-12(17)7-6-18-5-4-10(7)15-16/h1-3,7H,4-6H2. The first kappa shape index (κ1) is 11.6. The van der Waals surface area contributed by atoms with Gasteiger partial charge in [-0.2, -0.15) is 10.1 Å². The molecule has 2 heterocycles. The molecule has 1 unspecified atom stereocenters. The van der Waals surface area contributed by atoms with Crippen LogP contribution in [0.1, 0.15) is 6.42 Å². The molecular formula is C12H10ClFN2O2. The SMILES string of the molecule is O=C1C2COCCC2=NN1c1c(F)cccc1Cl. The second-order valence-corrected chi connectivity index (χ2v) is 4.60. The van der Waals surface area contributed by atoms with E-state index in [4.69, 9.17) is 16.3 Å². The lowest BCUT2D eigenvalue weighted by Gasteiger charge is -2.18. The third-order valence-corrected chi connectivity index (χ3v) is 3.38. The highest BCUT2D eigenvalue weighted by Gasteiger charge is 2.39. The number of para-hydroxylation sites is 1. The van der Waals surface area contributed by atoms with Crippen LogP contribution in [0.15, 0.2) is 23.3 Å². The maximum absolute atomic E-state index is 13.8. The maximum Gasteiger partial charge on any atom is 0.258 e. The first-order valence-electron chi connectivity index (χ1n) is 5.61. The molecule has 1 atom stereocenters. The number of fused-ring (bicyclic) bond motifs is 1. The minimum absolute atomic E-state index is 0.0195. The fraction of sp³-hybridized carbons (Fsp3) is 0.333. The Labute approximate surface area is 108 Å². The summed E-state index contributed by atoms with van der Waals surface area (Å²) in [6.45, 7) is 0.849. The Balaban J connectivity index is 2.03. The number of hydrogen-bond acceptors (Lipinski definition) is 3. The number of benzene rings is 1. The fourth-order valence-electron chi connectivity index (χ4n) is 2.16. The van der Waals surface area contributed by atoms with Crippen LogP contribution in [0.3, 0.4) is 0 Å². The number of halogens is 2. The molecule has 6 heteroatoms. The zero-order chi connectivity index (χ0) is 12.7. The Hall–Kier alpha value is -1.46. The van der Waals surface area contributed by atoms with Gasteiger partial charge in [-0.3, -0.25) is 4.79 Å². The number of rotatable bonds is 1. The summed E-state index contributed by atoms with van der Waals surface area (Å²) < 4.78 is 19.0. The van der Waals surface area contributed by atoms with E-state index in [1.54, 1.807) is 0 Å². The van der Waals surface area contributed by atoms with Crippen LogP contribution in [0, 0.1) is 11.7 Å². The summed E-state index contributed by atoms with van der Waals surface area (Å²) in [5, 5.41) is 5.41. The van der Waals surface area contributed by atoms with Crippen molar-refractivity contribution >= 4 is 28.9 Å². The number of carbonyl (C=O) groups excluding carboxylic acids is 1. The fourth-order valence-corrected chi connectivity index (χ4v) is 2.40. The van der Waals surface area contributed by atoms with Gasteiger partial charge in [-0.05, 0) is 12.1 Å². The molecule has 0 aromatic heterocycles. The zero-order valence-electron chi connectivity index (χ0n) is 9.40. The number of amides is 1. The molecule has 4 nitrogen and oxygen atoms in total. The van der Waals surface area contributed by atoms with E-state index in [2.05, 4.69) is 5.10 Å². The Morgan fingerprint density at radius 1 is 1.50 bits per heavy atom. The second kappa shape index (κ2) is 4.33. The van der Waals surface area contributed by atoms with Gasteiger partial charge >= 0.3 is 0 Å². The van der Waals surface area contributed by atoms with Gasteiger partial charge < -0.3 is 4.74 Å². The lowest BCUT2D eigenvalue weighted by molar-refractivity contribution is -0.121. The van der Waals surface area contributed by atoms with Crippen molar-refractivity contribution in [2.24, 2.45) is 11.0 Å². The number of hydrazone groups is 1. The molecule has 0 aliphatic carbocycles. The van der Waals surface area contributed by atoms with E-state index in [1.807, 2.05) is 0 Å². The summed E-state index contributed by atoms with van der Waals surface area (Å²) >= 11 is 5.94. The highest BCUT2D eigenvalue weighted by atomic mass is 35.5. The first-order valence-corrected chi connectivity index (χ1v) is 5.99. The molecular weight excluding hydrogens is 259 g/mol. The molecule has 2 aliphatic heterocycles. The van der Waals surface area contributed by atoms with Crippen molar-refractivity contribution in [3.63, 3.8) is 0 Å². The van der Waals surface area contributed by atoms with E-state index in [0.717, 1.165) is 10.7 Å². The predicted octanol–water partition coefficient (Wildman–Crippen LogP) is 2.22. The van der Waals surface area contributed by atoms with Gasteiger partial charge in [0.1, 0.15) is 11.6 Å². The summed E-state index contributed by atoms with van der Waals surface area (Å²) in [7, 11) is 0. The normalized spacial score (nSPS) is 23.0. The van der Waals surface area contributed by atoms with Crippen molar-refractivity contribution in [2.75, 3.05) is 18.2 Å². The molecule has 1 aromatic rings. The van der Waals surface area contributed by atoms with Gasteiger partial charge in [0.05, 0.1) is 23.9 Å². The number of ether oxygens (including phenoxy) is 1. The minimum atomic E-state index is -0.556. The van der Waals surface area contributed by atoms with E-state index < -0.39 is 11.7 Å². The van der Waals surface area contributed by atoms with E-state index in [1.165, 1.54) is 18.2 Å². The van der Waals surface area contributed by atoms with Crippen molar-refractivity contribution in [1.82, 2.24) is 0 Å². The summed E-state index contributed by atoms with van der Waals surface area (Å²) in [5.74, 6) is -1.23. The molecule has 0 spiro atoms. The predicted molar refractivity (Wildman–Crippen MR) is 65.3 cm³/mol. The molecule has 1 fully saturated rings. The van der Waals surface area contributed by atoms with Crippen molar-refractivity contribution in [2.45, 2.75) is 6.42 Å². The van der Waals surface area contributed by atoms with Crippen LogP contribution in [0.4, 0.5) is 10.1 Å². The van der Waals surface area contributed by atoms with Crippen LogP contribution in [0.5, 0.6) is 0 Å². The Kier molecular flexibility index (Phi) is 2.80. The van der Waals surface area contributed by atoms with Crippen LogP contribution < -0.4 is 5.01 Å². The summed E-state index contributed by atoms with van der Waals surface area (Å²) in [6.07, 6.45) is 0.596. The molecule has 0 saturated carbocycles. The average Bonchev–Trinajstić information content (AvgIpc) is 2.68. The first-order chi connectivity index (χ1) is 8.68. The molecule has 1 saturated heterocycles. The van der Waals surface area contributed by atoms with Gasteiger partial charge in [-0.1, -0.05) is 17.7 Å². The second-order valence-electron chi connectivity index (χ2n) is 4.19. The van der Waals surface area contributed by atoms with Gasteiger partial charge in [0.15, 0.2) is 5.82 Å². The lowest BCUT2D eigenvalue weighted by Crippen LogP contribution is -2.34. The molecule has 2 aliphatic rings. The Bertz CT molecular complexity index is 527. The third kappa shape index (κ3) is 1.71. The summed E-state index contributed by atoms with van der Waals surface area (Å²) in [5.41, 5.74) is 0.761. The average molecular weight is 269 g/mol. The Morgan fingerprint density at radius 2 is 2.33 bits per heavy atom. The maximum atomic E-state index is 13.8.